The van der Waals surface area contributed by atoms with Gasteiger partial charge in [0.2, 0.25) is 5.91 Å². The molecule has 5 nitrogen and oxygen atoms in total. The number of carbonyl (C=O) groups excluding carboxylic acids is 1. The number of thioether (sulfide) groups is 1. The zero-order valence-electron chi connectivity index (χ0n) is 15.6. The number of amides is 1. The van der Waals surface area contributed by atoms with Gasteiger partial charge in [0.25, 0.3) is 0 Å². The first-order valence-electron chi connectivity index (χ1n) is 9.01. The predicted octanol–water partition coefficient (Wildman–Crippen LogP) is 4.89. The number of rotatable bonds is 9. The number of allylic oxidation sites excluding steroid dienone is 1. The maximum absolute atomic E-state index is 12.2. The van der Waals surface area contributed by atoms with E-state index in [-0.39, 0.29) is 11.7 Å². The van der Waals surface area contributed by atoms with Gasteiger partial charge in [-0.2, -0.15) is 0 Å². The number of hydrogen-bond donors (Lipinski definition) is 1. The largest absolute Gasteiger partial charge is 0.355 e. The molecular formula is C21H20Cl2N4OS. The van der Waals surface area contributed by atoms with Crippen LogP contribution in [0.1, 0.15) is 5.56 Å². The van der Waals surface area contributed by atoms with Crippen molar-refractivity contribution < 1.29 is 4.79 Å². The van der Waals surface area contributed by atoms with E-state index in [2.05, 4.69) is 22.1 Å². The quantitative estimate of drug-likeness (QED) is 0.375. The van der Waals surface area contributed by atoms with E-state index in [0.717, 1.165) is 12.0 Å². The Morgan fingerprint density at radius 1 is 1.17 bits per heavy atom. The molecule has 0 fully saturated rings. The van der Waals surface area contributed by atoms with Gasteiger partial charge < -0.3 is 5.32 Å². The molecule has 150 valence electrons. The van der Waals surface area contributed by atoms with Crippen molar-refractivity contribution in [1.82, 2.24) is 20.1 Å². The second-order valence-electron chi connectivity index (χ2n) is 6.20. The number of nitrogens with zero attached hydrogens (tertiary/aromatic N) is 3. The molecule has 8 heteroatoms. The molecule has 0 spiro atoms. The van der Waals surface area contributed by atoms with Crippen LogP contribution in [0.4, 0.5) is 0 Å². The highest BCUT2D eigenvalue weighted by Gasteiger charge is 2.17. The third kappa shape index (κ3) is 5.85. The Morgan fingerprint density at radius 2 is 1.97 bits per heavy atom. The van der Waals surface area contributed by atoms with Crippen LogP contribution < -0.4 is 5.32 Å². The average molecular weight is 447 g/mol. The number of hydrogen-bond acceptors (Lipinski definition) is 4. The molecule has 0 aliphatic heterocycles. The summed E-state index contributed by atoms with van der Waals surface area (Å²) in [7, 11) is 0. The first kappa shape index (κ1) is 21.4. The van der Waals surface area contributed by atoms with Crippen LogP contribution in [0.5, 0.6) is 0 Å². The summed E-state index contributed by atoms with van der Waals surface area (Å²) >= 11 is 13.6. The van der Waals surface area contributed by atoms with E-state index in [4.69, 9.17) is 23.2 Å². The molecule has 2 aromatic carbocycles. The van der Waals surface area contributed by atoms with Crippen molar-refractivity contribution >= 4 is 40.9 Å². The number of halogens is 2. The summed E-state index contributed by atoms with van der Waals surface area (Å²) in [4.78, 5) is 12.2. The standard InChI is InChI=1S/C21H20Cl2N4OS/c1-2-12-27-20(17-9-8-16(22)13-18(17)23)25-26-21(27)29-14-19(28)24-11-10-15-6-4-3-5-7-15/h2-9,13H,1,10-12,14H2,(H,24,28). The zero-order valence-corrected chi connectivity index (χ0v) is 18.0. The molecule has 3 aromatic rings. The normalized spacial score (nSPS) is 10.7. The van der Waals surface area contributed by atoms with Crippen molar-refractivity contribution in [3.05, 3.63) is 76.8 Å². The fraction of sp³-hybridized carbons (Fsp3) is 0.190. The highest BCUT2D eigenvalue weighted by molar-refractivity contribution is 7.99. The molecule has 1 aromatic heterocycles. The van der Waals surface area contributed by atoms with E-state index < -0.39 is 0 Å². The lowest BCUT2D eigenvalue weighted by molar-refractivity contribution is -0.118. The summed E-state index contributed by atoms with van der Waals surface area (Å²) in [6, 6.07) is 15.3. The van der Waals surface area contributed by atoms with Gasteiger partial charge in [0.05, 0.1) is 10.8 Å². The predicted molar refractivity (Wildman–Crippen MR) is 120 cm³/mol. The molecule has 0 saturated carbocycles. The molecule has 0 unspecified atom stereocenters. The summed E-state index contributed by atoms with van der Waals surface area (Å²) in [5, 5.41) is 13.1. The SMILES string of the molecule is C=CCn1c(SCC(=O)NCCc2ccccc2)nnc1-c1ccc(Cl)cc1Cl. The number of aromatic nitrogens is 3. The summed E-state index contributed by atoms with van der Waals surface area (Å²) in [5.74, 6) is 0.807. The third-order valence-electron chi connectivity index (χ3n) is 4.11. The van der Waals surface area contributed by atoms with Crippen LogP contribution in [0, 0.1) is 0 Å². The molecule has 0 aliphatic carbocycles. The smallest absolute Gasteiger partial charge is 0.230 e. The maximum Gasteiger partial charge on any atom is 0.230 e. The molecule has 1 heterocycles. The Bertz CT molecular complexity index is 992. The van der Waals surface area contributed by atoms with Crippen molar-refractivity contribution in [1.29, 1.82) is 0 Å². The van der Waals surface area contributed by atoms with Crippen molar-refractivity contribution in [2.45, 2.75) is 18.1 Å². The van der Waals surface area contributed by atoms with E-state index in [0.29, 0.717) is 34.1 Å². The van der Waals surface area contributed by atoms with Gasteiger partial charge in [-0.15, -0.1) is 16.8 Å². The molecular weight excluding hydrogens is 427 g/mol. The van der Waals surface area contributed by atoms with Crippen LogP contribution in [0.3, 0.4) is 0 Å². The first-order chi connectivity index (χ1) is 14.1. The Kier molecular flexibility index (Phi) is 7.75. The van der Waals surface area contributed by atoms with Gasteiger partial charge in [-0.1, -0.05) is 71.4 Å². The minimum Gasteiger partial charge on any atom is -0.355 e. The highest BCUT2D eigenvalue weighted by Crippen LogP contribution is 2.31. The van der Waals surface area contributed by atoms with Crippen molar-refractivity contribution in [2.24, 2.45) is 0 Å². The van der Waals surface area contributed by atoms with E-state index in [1.807, 2.05) is 34.9 Å². The van der Waals surface area contributed by atoms with Crippen LogP contribution in [-0.4, -0.2) is 33.0 Å². The summed E-state index contributed by atoms with van der Waals surface area (Å²) < 4.78 is 1.88. The lowest BCUT2D eigenvalue weighted by Crippen LogP contribution is -2.27. The monoisotopic (exact) mass is 446 g/mol. The second-order valence-corrected chi connectivity index (χ2v) is 7.99. The molecule has 1 amide bonds. The van der Waals surface area contributed by atoms with E-state index in [1.54, 1.807) is 24.3 Å². The van der Waals surface area contributed by atoms with Crippen LogP contribution in [-0.2, 0) is 17.8 Å². The van der Waals surface area contributed by atoms with Crippen LogP contribution >= 0.6 is 35.0 Å². The van der Waals surface area contributed by atoms with Gasteiger partial charge in [0.15, 0.2) is 11.0 Å². The molecule has 0 bridgehead atoms. The molecule has 0 radical (unpaired) electrons. The average Bonchev–Trinajstić information content (AvgIpc) is 3.10. The van der Waals surface area contributed by atoms with Crippen LogP contribution in [0.2, 0.25) is 10.0 Å². The molecule has 1 N–H and O–H groups in total. The maximum atomic E-state index is 12.2. The van der Waals surface area contributed by atoms with Crippen molar-refractivity contribution in [3.63, 3.8) is 0 Å². The lowest BCUT2D eigenvalue weighted by atomic mass is 10.1. The summed E-state index contributed by atoms with van der Waals surface area (Å²) in [6.45, 7) is 4.88. The molecule has 0 saturated heterocycles. The van der Waals surface area contributed by atoms with Crippen LogP contribution in [0.25, 0.3) is 11.4 Å². The summed E-state index contributed by atoms with van der Waals surface area (Å²) in [6.07, 6.45) is 2.55. The Balaban J connectivity index is 1.62. The third-order valence-corrected chi connectivity index (χ3v) is 5.63. The molecule has 0 atom stereocenters. The Labute approximate surface area is 184 Å². The second kappa shape index (κ2) is 10.5. The summed E-state index contributed by atoms with van der Waals surface area (Å²) in [5.41, 5.74) is 1.92. The Hall–Kier alpha value is -2.28. The van der Waals surface area contributed by atoms with Crippen molar-refractivity contribution in [3.8, 4) is 11.4 Å². The first-order valence-corrected chi connectivity index (χ1v) is 10.8. The van der Waals surface area contributed by atoms with Gasteiger partial charge in [-0.25, -0.2) is 0 Å². The van der Waals surface area contributed by atoms with Gasteiger partial charge in [-0.05, 0) is 30.2 Å². The number of nitrogens with one attached hydrogen (secondary N) is 1. The van der Waals surface area contributed by atoms with E-state index >= 15 is 0 Å². The fourth-order valence-corrected chi connectivity index (χ4v) is 4.00. The number of benzene rings is 2. The van der Waals surface area contributed by atoms with E-state index in [1.165, 1.54) is 17.3 Å². The minimum absolute atomic E-state index is 0.0508. The molecule has 0 aliphatic rings. The van der Waals surface area contributed by atoms with Gasteiger partial charge in [0, 0.05) is 23.7 Å². The highest BCUT2D eigenvalue weighted by atomic mass is 35.5. The minimum atomic E-state index is -0.0508. The topological polar surface area (TPSA) is 59.8 Å². The van der Waals surface area contributed by atoms with Gasteiger partial charge >= 0.3 is 0 Å². The van der Waals surface area contributed by atoms with Gasteiger partial charge in [-0.3, -0.25) is 9.36 Å². The Morgan fingerprint density at radius 3 is 2.69 bits per heavy atom. The molecule has 3 rings (SSSR count). The lowest BCUT2D eigenvalue weighted by Gasteiger charge is -2.09. The van der Waals surface area contributed by atoms with E-state index in [9.17, 15) is 4.79 Å². The van der Waals surface area contributed by atoms with Gasteiger partial charge in [0.1, 0.15) is 0 Å². The molecule has 29 heavy (non-hydrogen) atoms. The van der Waals surface area contributed by atoms with Crippen LogP contribution in [0.15, 0.2) is 66.3 Å². The zero-order chi connectivity index (χ0) is 20.6. The fourth-order valence-electron chi connectivity index (χ4n) is 2.73. The number of carbonyl (C=O) groups is 1. The van der Waals surface area contributed by atoms with Crippen molar-refractivity contribution in [2.75, 3.05) is 12.3 Å².